The van der Waals surface area contributed by atoms with E-state index in [0.29, 0.717) is 15.7 Å². The molecule has 0 spiro atoms. The summed E-state index contributed by atoms with van der Waals surface area (Å²) in [5, 5.41) is 13.0. The molecule has 0 bridgehead atoms. The Hall–Kier alpha value is -2.51. The van der Waals surface area contributed by atoms with E-state index in [1.807, 2.05) is 12.3 Å². The smallest absolute Gasteiger partial charge is 0.340 e. The van der Waals surface area contributed by atoms with Crippen molar-refractivity contribution >= 4 is 50.5 Å². The summed E-state index contributed by atoms with van der Waals surface area (Å²) in [6, 6.07) is 3.35. The molecule has 1 aromatic carbocycles. The van der Waals surface area contributed by atoms with Gasteiger partial charge in [-0.3, -0.25) is 14.9 Å². The summed E-state index contributed by atoms with van der Waals surface area (Å²) < 4.78 is 29.0. The first-order valence-corrected chi connectivity index (χ1v) is 12.6. The predicted molar refractivity (Wildman–Crippen MR) is 114 cm³/mol. The quantitative estimate of drug-likeness (QED) is 0.328. The van der Waals surface area contributed by atoms with E-state index in [-0.39, 0.29) is 22.8 Å². The number of likely N-dealkylation sites (N-methyl/N-ethyl adjacent to an activating group) is 1. The van der Waals surface area contributed by atoms with Crippen molar-refractivity contribution in [3.8, 4) is 0 Å². The summed E-state index contributed by atoms with van der Waals surface area (Å²) >= 11 is 2.53. The molecule has 1 atom stereocenters. The van der Waals surface area contributed by atoms with E-state index in [1.165, 1.54) is 47.2 Å². The molecular weight excluding hydrogens is 466 g/mol. The van der Waals surface area contributed by atoms with E-state index in [0.717, 1.165) is 11.8 Å². The van der Waals surface area contributed by atoms with Gasteiger partial charge in [-0.2, -0.15) is 0 Å². The monoisotopic (exact) mass is 485 g/mol. The van der Waals surface area contributed by atoms with Gasteiger partial charge < -0.3 is 9.64 Å². The summed E-state index contributed by atoms with van der Waals surface area (Å²) in [4.78, 5) is 41.5. The Morgan fingerprint density at radius 2 is 2.16 bits per heavy atom. The standard InChI is InChI=1S/C18H19N3O7S3/c1-11-9-29-18(19-11)30-15-4-3-12(21(24)25)7-14(15)17(23)28-8-16(22)20(2)13-5-6-31(26,27)10-13/h3-4,7,9,13H,5-6,8,10H2,1-2H3/t13-/m0/s1. The zero-order chi connectivity index (χ0) is 22.8. The Morgan fingerprint density at radius 3 is 2.74 bits per heavy atom. The number of aromatic nitrogens is 1. The van der Waals surface area contributed by atoms with Gasteiger partial charge in [0.25, 0.3) is 11.6 Å². The van der Waals surface area contributed by atoms with Gasteiger partial charge in [0.1, 0.15) is 0 Å². The maximum atomic E-state index is 12.6. The van der Waals surface area contributed by atoms with Crippen molar-refractivity contribution < 1.29 is 27.7 Å². The third-order valence-electron chi connectivity index (χ3n) is 4.67. The van der Waals surface area contributed by atoms with Gasteiger partial charge in [0, 0.05) is 41.2 Å². The van der Waals surface area contributed by atoms with Crippen LogP contribution in [0.15, 0.2) is 32.8 Å². The Morgan fingerprint density at radius 1 is 1.42 bits per heavy atom. The van der Waals surface area contributed by atoms with E-state index < -0.39 is 39.3 Å². The SMILES string of the molecule is Cc1csc(Sc2ccc([N+](=O)[O-])cc2C(=O)OCC(=O)N(C)[C@H]2CCS(=O)(=O)C2)n1. The van der Waals surface area contributed by atoms with E-state index in [2.05, 4.69) is 4.98 Å². The second kappa shape index (κ2) is 9.32. The van der Waals surface area contributed by atoms with Crippen molar-refractivity contribution in [3.63, 3.8) is 0 Å². The molecule has 10 nitrogen and oxygen atoms in total. The molecule has 1 aliphatic rings. The van der Waals surface area contributed by atoms with Crippen LogP contribution in [0.1, 0.15) is 22.5 Å². The van der Waals surface area contributed by atoms with Gasteiger partial charge in [-0.05, 0) is 19.4 Å². The van der Waals surface area contributed by atoms with Gasteiger partial charge in [0.15, 0.2) is 20.8 Å². The Labute approximate surface area is 186 Å². The van der Waals surface area contributed by atoms with E-state index in [9.17, 15) is 28.1 Å². The second-order valence-corrected chi connectivity index (χ2v) is 11.3. The number of sulfone groups is 1. The van der Waals surface area contributed by atoms with E-state index in [4.69, 9.17) is 4.74 Å². The highest BCUT2D eigenvalue weighted by atomic mass is 32.2. The molecular formula is C18H19N3O7S3. The van der Waals surface area contributed by atoms with E-state index in [1.54, 1.807) is 0 Å². The molecule has 0 aliphatic carbocycles. The van der Waals surface area contributed by atoms with Crippen LogP contribution in [0.5, 0.6) is 0 Å². The molecule has 2 aromatic rings. The minimum absolute atomic E-state index is 0.0135. The van der Waals surface area contributed by atoms with Crippen molar-refractivity contribution in [2.75, 3.05) is 25.2 Å². The lowest BCUT2D eigenvalue weighted by atomic mass is 10.2. The number of amides is 1. The Bertz CT molecular complexity index is 1130. The maximum Gasteiger partial charge on any atom is 0.340 e. The summed E-state index contributed by atoms with van der Waals surface area (Å²) in [5.74, 6) is -1.55. The number of thiazole rings is 1. The van der Waals surface area contributed by atoms with Crippen molar-refractivity contribution in [2.45, 2.75) is 28.6 Å². The summed E-state index contributed by atoms with van der Waals surface area (Å²) in [5.41, 5.74) is 0.471. The lowest BCUT2D eigenvalue weighted by Crippen LogP contribution is -2.40. The van der Waals surface area contributed by atoms with E-state index >= 15 is 0 Å². The second-order valence-electron chi connectivity index (χ2n) is 6.93. The number of nitro benzene ring substituents is 1. The topological polar surface area (TPSA) is 137 Å². The molecule has 31 heavy (non-hydrogen) atoms. The van der Waals surface area contributed by atoms with Crippen molar-refractivity contribution in [2.24, 2.45) is 0 Å². The number of non-ortho nitro benzene ring substituents is 1. The average Bonchev–Trinajstić information content (AvgIpc) is 3.29. The summed E-state index contributed by atoms with van der Waals surface area (Å²) in [6.07, 6.45) is 0.331. The first-order chi connectivity index (χ1) is 14.6. The molecule has 0 N–H and O–H groups in total. The lowest BCUT2D eigenvalue weighted by Gasteiger charge is -2.23. The zero-order valence-electron chi connectivity index (χ0n) is 16.6. The molecule has 1 saturated heterocycles. The molecule has 1 aliphatic heterocycles. The van der Waals surface area contributed by atoms with Crippen molar-refractivity contribution in [1.29, 1.82) is 0 Å². The zero-order valence-corrected chi connectivity index (χ0v) is 19.1. The molecule has 166 valence electrons. The highest BCUT2D eigenvalue weighted by Crippen LogP contribution is 2.34. The normalized spacial score (nSPS) is 17.3. The molecule has 0 radical (unpaired) electrons. The van der Waals surface area contributed by atoms with Crippen LogP contribution in [0.4, 0.5) is 5.69 Å². The van der Waals surface area contributed by atoms with Crippen LogP contribution in [0, 0.1) is 17.0 Å². The van der Waals surface area contributed by atoms with Crippen molar-refractivity contribution in [1.82, 2.24) is 9.88 Å². The van der Waals surface area contributed by atoms with Crippen molar-refractivity contribution in [3.05, 3.63) is 45.0 Å². The number of esters is 1. The number of aryl methyl sites for hydroxylation is 1. The molecule has 2 heterocycles. The van der Waals surface area contributed by atoms with Gasteiger partial charge in [-0.25, -0.2) is 18.2 Å². The van der Waals surface area contributed by atoms with Gasteiger partial charge in [0.2, 0.25) is 0 Å². The number of nitro groups is 1. The fraction of sp³-hybridized carbons (Fsp3) is 0.389. The van der Waals surface area contributed by atoms with Gasteiger partial charge in [-0.15, -0.1) is 11.3 Å². The minimum Gasteiger partial charge on any atom is -0.452 e. The average molecular weight is 486 g/mol. The summed E-state index contributed by atoms with van der Waals surface area (Å²) in [7, 11) is -1.71. The number of ether oxygens (including phenoxy) is 1. The fourth-order valence-electron chi connectivity index (χ4n) is 2.94. The Kier molecular flexibility index (Phi) is 6.96. The highest BCUT2D eigenvalue weighted by molar-refractivity contribution is 8.01. The largest absolute Gasteiger partial charge is 0.452 e. The number of benzene rings is 1. The van der Waals surface area contributed by atoms with Crippen LogP contribution >= 0.6 is 23.1 Å². The van der Waals surface area contributed by atoms with Gasteiger partial charge in [-0.1, -0.05) is 11.8 Å². The molecule has 1 fully saturated rings. The molecule has 0 saturated carbocycles. The van der Waals surface area contributed by atoms with Crippen LogP contribution in [0.25, 0.3) is 0 Å². The van der Waals surface area contributed by atoms with Crippen LogP contribution in [-0.4, -0.2) is 66.3 Å². The summed E-state index contributed by atoms with van der Waals surface area (Å²) in [6.45, 7) is 1.22. The highest BCUT2D eigenvalue weighted by Gasteiger charge is 2.33. The third kappa shape index (κ3) is 5.80. The number of hydrogen-bond donors (Lipinski definition) is 0. The Balaban J connectivity index is 1.72. The first-order valence-electron chi connectivity index (χ1n) is 9.07. The fourth-order valence-corrected chi connectivity index (χ4v) is 6.61. The number of carbonyl (C=O) groups is 2. The lowest BCUT2D eigenvalue weighted by molar-refractivity contribution is -0.384. The molecule has 1 aromatic heterocycles. The van der Waals surface area contributed by atoms with Crippen LogP contribution < -0.4 is 0 Å². The molecule has 1 amide bonds. The maximum absolute atomic E-state index is 12.6. The van der Waals surface area contributed by atoms with Crippen LogP contribution in [-0.2, 0) is 19.4 Å². The molecule has 3 rings (SSSR count). The van der Waals surface area contributed by atoms with Crippen LogP contribution in [0.2, 0.25) is 0 Å². The van der Waals surface area contributed by atoms with Crippen LogP contribution in [0.3, 0.4) is 0 Å². The number of carbonyl (C=O) groups excluding carboxylic acids is 2. The minimum atomic E-state index is -3.17. The molecule has 0 unspecified atom stereocenters. The number of nitrogens with zero attached hydrogens (tertiary/aromatic N) is 3. The first kappa shape index (κ1) is 23.2. The third-order valence-corrected chi connectivity index (χ3v) is 8.55. The predicted octanol–water partition coefficient (Wildman–Crippen LogP) is 2.31. The van der Waals surface area contributed by atoms with Gasteiger partial charge in [0.05, 0.1) is 22.0 Å². The number of hydrogen-bond acceptors (Lipinski definition) is 10. The van der Waals surface area contributed by atoms with Gasteiger partial charge >= 0.3 is 5.97 Å². The number of rotatable bonds is 7. The molecule has 13 heteroatoms.